The van der Waals surface area contributed by atoms with Crippen LogP contribution >= 0.6 is 11.8 Å². The third kappa shape index (κ3) is 3.35. The van der Waals surface area contributed by atoms with Gasteiger partial charge in [0.05, 0.1) is 12.4 Å². The lowest BCUT2D eigenvalue weighted by Crippen LogP contribution is -1.96. The second-order valence-electron chi connectivity index (χ2n) is 7.49. The van der Waals surface area contributed by atoms with Crippen LogP contribution < -0.4 is 0 Å². The van der Waals surface area contributed by atoms with Gasteiger partial charge in [0.2, 0.25) is 0 Å². The first-order chi connectivity index (χ1) is 16.3. The van der Waals surface area contributed by atoms with Gasteiger partial charge in [-0.25, -0.2) is 9.97 Å². The molecule has 32 heavy (non-hydrogen) atoms. The van der Waals surface area contributed by atoms with Gasteiger partial charge in [-0.2, -0.15) is 0 Å². The fourth-order valence-corrected chi connectivity index (χ4v) is 4.90. The van der Waals surface area contributed by atoms with E-state index in [1.165, 1.54) is 22.5 Å². The second-order valence-corrected chi connectivity index (χ2v) is 8.55. The van der Waals surface area contributed by atoms with Crippen molar-refractivity contribution in [2.24, 2.45) is 0 Å². The number of aromatic nitrogens is 3. The van der Waals surface area contributed by atoms with Gasteiger partial charge in [0.1, 0.15) is 10.8 Å². The highest BCUT2D eigenvalue weighted by Crippen LogP contribution is 2.35. The maximum atomic E-state index is 8.09. The van der Waals surface area contributed by atoms with Crippen molar-refractivity contribution in [2.75, 3.05) is 0 Å². The van der Waals surface area contributed by atoms with Crippen LogP contribution in [0, 0.1) is 0 Å². The van der Waals surface area contributed by atoms with E-state index in [1.54, 1.807) is 18.3 Å². The molecule has 6 rings (SSSR count). The molecule has 0 unspecified atom stereocenters. The lowest BCUT2D eigenvalue weighted by Gasteiger charge is -2.09. The molecule has 0 saturated heterocycles. The molecule has 0 fully saturated rings. The number of rotatable bonds is 4. The Morgan fingerprint density at radius 2 is 1.47 bits per heavy atom. The maximum Gasteiger partial charge on any atom is 0.137 e. The number of pyridine rings is 2. The topological polar surface area (TPSA) is 30.7 Å². The van der Waals surface area contributed by atoms with Crippen molar-refractivity contribution < 1.29 is 1.37 Å². The van der Waals surface area contributed by atoms with Crippen LogP contribution in [-0.2, 0) is 0 Å². The lowest BCUT2D eigenvalue weighted by molar-refractivity contribution is 1.08. The zero-order valence-electron chi connectivity index (χ0n) is 18.1. The molecule has 0 spiro atoms. The summed E-state index contributed by atoms with van der Waals surface area (Å²) in [6.45, 7) is 0. The van der Waals surface area contributed by atoms with E-state index >= 15 is 0 Å². The Morgan fingerprint density at radius 3 is 2.38 bits per heavy atom. The molecule has 6 aromatic rings. The normalized spacial score (nSPS) is 11.7. The van der Waals surface area contributed by atoms with E-state index in [-0.39, 0.29) is 0 Å². The molecule has 4 heteroatoms. The first-order valence-electron chi connectivity index (χ1n) is 10.9. The van der Waals surface area contributed by atoms with Crippen LogP contribution in [0.1, 0.15) is 1.37 Å². The molecule has 0 aliphatic carbocycles. The molecule has 0 N–H and O–H groups in total. The molecule has 3 aromatic carbocycles. The largest absolute Gasteiger partial charge is 0.294 e. The highest BCUT2D eigenvalue weighted by molar-refractivity contribution is 7.99. The van der Waals surface area contributed by atoms with Crippen molar-refractivity contribution in [1.82, 2.24) is 14.5 Å². The highest BCUT2D eigenvalue weighted by atomic mass is 32.2. The smallest absolute Gasteiger partial charge is 0.137 e. The Bertz CT molecular complexity index is 1610. The van der Waals surface area contributed by atoms with E-state index in [9.17, 15) is 0 Å². The molecule has 0 aliphatic rings. The minimum absolute atomic E-state index is 0.439. The molecule has 0 saturated carbocycles. The first-order valence-corrected chi connectivity index (χ1v) is 11.2. The van der Waals surface area contributed by atoms with Gasteiger partial charge in [-0.3, -0.25) is 4.57 Å². The average Bonchev–Trinajstić information content (AvgIpc) is 3.20. The van der Waals surface area contributed by atoms with Crippen LogP contribution in [0.25, 0.3) is 38.8 Å². The van der Waals surface area contributed by atoms with Crippen LogP contribution in [0.3, 0.4) is 0 Å². The Labute approximate surface area is 191 Å². The van der Waals surface area contributed by atoms with Crippen molar-refractivity contribution in [1.29, 1.82) is 0 Å². The second kappa shape index (κ2) is 7.98. The number of nitrogens with zero attached hydrogens (tertiary/aromatic N) is 3. The van der Waals surface area contributed by atoms with Crippen LogP contribution in [0.5, 0.6) is 0 Å². The summed E-state index contributed by atoms with van der Waals surface area (Å²) in [5.41, 5.74) is 4.54. The van der Waals surface area contributed by atoms with Gasteiger partial charge in [0.25, 0.3) is 0 Å². The molecule has 0 atom stereocenters. The quantitative estimate of drug-likeness (QED) is 0.292. The predicted molar refractivity (Wildman–Crippen MR) is 132 cm³/mol. The van der Waals surface area contributed by atoms with Gasteiger partial charge >= 0.3 is 0 Å². The van der Waals surface area contributed by atoms with Crippen LogP contribution in [0.4, 0.5) is 0 Å². The van der Waals surface area contributed by atoms with Crippen molar-refractivity contribution in [2.45, 2.75) is 9.92 Å². The molecule has 0 bridgehead atoms. The minimum Gasteiger partial charge on any atom is -0.294 e. The standard InChI is InChI=1S/C28H19N3S/c1-2-11-25-23(10-1)24-15-14-21(19-26(24)31(25)27-12-3-5-16-29-27)20-8-7-9-22(18-20)32-28-13-4-6-17-30-28/h1-19H/i13D. The molecule has 0 amide bonds. The Hall–Kier alpha value is -3.89. The number of hydrogen-bond donors (Lipinski definition) is 0. The molecule has 3 aromatic heterocycles. The van der Waals surface area contributed by atoms with Crippen molar-refractivity contribution in [3.8, 4) is 16.9 Å². The Morgan fingerprint density at radius 1 is 0.656 bits per heavy atom. The molecule has 0 aliphatic heterocycles. The van der Waals surface area contributed by atoms with E-state index in [0.717, 1.165) is 32.9 Å². The zero-order valence-corrected chi connectivity index (χ0v) is 18.0. The summed E-state index contributed by atoms with van der Waals surface area (Å²) in [7, 11) is 0. The van der Waals surface area contributed by atoms with Crippen LogP contribution in [0.15, 0.2) is 125 Å². The predicted octanol–water partition coefficient (Wildman–Crippen LogP) is 7.39. The van der Waals surface area contributed by atoms with E-state index in [0.29, 0.717) is 11.1 Å². The molecular weight excluding hydrogens is 410 g/mol. The number of para-hydroxylation sites is 1. The van der Waals surface area contributed by atoms with Crippen molar-refractivity contribution in [3.63, 3.8) is 0 Å². The van der Waals surface area contributed by atoms with Gasteiger partial charge in [0, 0.05) is 28.1 Å². The summed E-state index contributed by atoms with van der Waals surface area (Å²) >= 11 is 1.52. The highest BCUT2D eigenvalue weighted by Gasteiger charge is 2.13. The summed E-state index contributed by atoms with van der Waals surface area (Å²) in [5.74, 6) is 0.906. The van der Waals surface area contributed by atoms with Crippen LogP contribution in [0.2, 0.25) is 0 Å². The van der Waals surface area contributed by atoms with E-state index in [2.05, 4.69) is 81.3 Å². The van der Waals surface area contributed by atoms with Gasteiger partial charge < -0.3 is 0 Å². The molecular formula is C28H19N3S. The molecule has 3 nitrogen and oxygen atoms in total. The van der Waals surface area contributed by atoms with E-state index < -0.39 is 0 Å². The zero-order chi connectivity index (χ0) is 22.2. The summed E-state index contributed by atoms with van der Waals surface area (Å²) in [6.07, 6.45) is 3.56. The number of benzene rings is 3. The Kier molecular flexibility index (Phi) is 4.43. The summed E-state index contributed by atoms with van der Waals surface area (Å²) in [5, 5.41) is 3.13. The van der Waals surface area contributed by atoms with Crippen molar-refractivity contribution in [3.05, 3.63) is 115 Å². The third-order valence-corrected chi connectivity index (χ3v) is 6.42. The van der Waals surface area contributed by atoms with Gasteiger partial charge in [-0.05, 0) is 59.6 Å². The molecule has 152 valence electrons. The first kappa shape index (κ1) is 17.8. The lowest BCUT2D eigenvalue weighted by atomic mass is 10.0. The Balaban J connectivity index is 1.49. The van der Waals surface area contributed by atoms with Gasteiger partial charge in [0.15, 0.2) is 0 Å². The van der Waals surface area contributed by atoms with Crippen LogP contribution in [-0.4, -0.2) is 14.5 Å². The van der Waals surface area contributed by atoms with Crippen molar-refractivity contribution >= 4 is 33.6 Å². The monoisotopic (exact) mass is 430 g/mol. The molecule has 0 radical (unpaired) electrons. The summed E-state index contributed by atoms with van der Waals surface area (Å²) in [6, 6.07) is 33.5. The van der Waals surface area contributed by atoms with Gasteiger partial charge in [-0.15, -0.1) is 0 Å². The van der Waals surface area contributed by atoms with Gasteiger partial charge in [-0.1, -0.05) is 66.4 Å². The fraction of sp³-hybridized carbons (Fsp3) is 0. The fourth-order valence-electron chi connectivity index (χ4n) is 4.10. The summed E-state index contributed by atoms with van der Waals surface area (Å²) in [4.78, 5) is 10.0. The average molecular weight is 431 g/mol. The van der Waals surface area contributed by atoms with E-state index in [1.807, 2.05) is 24.4 Å². The SMILES string of the molecule is [2H]c1cccnc1Sc1cccc(-c2ccc3c4ccccc4n(-c4ccccn4)c3c2)c1. The maximum absolute atomic E-state index is 8.09. The third-order valence-electron chi connectivity index (χ3n) is 5.51. The summed E-state index contributed by atoms with van der Waals surface area (Å²) < 4.78 is 10.3. The number of fused-ring (bicyclic) bond motifs is 3. The molecule has 3 heterocycles. The minimum atomic E-state index is 0.439. The van der Waals surface area contributed by atoms with E-state index in [4.69, 9.17) is 1.37 Å². The number of hydrogen-bond acceptors (Lipinski definition) is 3.